The van der Waals surface area contributed by atoms with Crippen molar-refractivity contribution >= 4 is 22.4 Å². The average molecular weight is 333 g/mol. The van der Waals surface area contributed by atoms with E-state index in [9.17, 15) is 9.00 Å². The van der Waals surface area contributed by atoms with Gasteiger partial charge in [-0.3, -0.25) is 14.1 Å². The van der Waals surface area contributed by atoms with Gasteiger partial charge < -0.3 is 0 Å². The number of nitrogens with zero attached hydrogens (tertiary/aromatic N) is 1. The molecule has 0 amide bonds. The van der Waals surface area contributed by atoms with Crippen molar-refractivity contribution in [1.82, 2.24) is 9.78 Å². The van der Waals surface area contributed by atoms with Gasteiger partial charge in [-0.05, 0) is 36.4 Å². The summed E-state index contributed by atoms with van der Waals surface area (Å²) < 4.78 is 13.8. The molecule has 3 aromatic rings. The molecular formula is C16H13ClN2O2S. The molecule has 0 aliphatic rings. The lowest BCUT2D eigenvalue weighted by atomic mass is 10.3. The molecular weight excluding hydrogens is 320 g/mol. The molecule has 0 aliphatic heterocycles. The average Bonchev–Trinajstić information content (AvgIpc) is 2.89. The number of hydrogen-bond donors (Lipinski definition) is 1. The number of para-hydroxylation sites is 1. The van der Waals surface area contributed by atoms with Crippen molar-refractivity contribution < 1.29 is 4.21 Å². The van der Waals surface area contributed by atoms with Crippen molar-refractivity contribution in [2.24, 2.45) is 0 Å². The molecule has 1 atom stereocenters. The summed E-state index contributed by atoms with van der Waals surface area (Å²) in [5, 5.41) is 3.60. The molecule has 0 radical (unpaired) electrons. The Bertz CT molecular complexity index is 854. The largest absolute Gasteiger partial charge is 0.294 e. The number of H-pyrrole nitrogens is 1. The van der Waals surface area contributed by atoms with Gasteiger partial charge in [-0.2, -0.15) is 0 Å². The summed E-state index contributed by atoms with van der Waals surface area (Å²) in [6.45, 7) is 0. The molecule has 1 unspecified atom stereocenters. The van der Waals surface area contributed by atoms with Crippen LogP contribution < -0.4 is 5.56 Å². The zero-order valence-corrected chi connectivity index (χ0v) is 13.1. The molecule has 6 heteroatoms. The van der Waals surface area contributed by atoms with Crippen molar-refractivity contribution in [3.8, 4) is 5.69 Å². The van der Waals surface area contributed by atoms with Crippen molar-refractivity contribution in [1.29, 1.82) is 0 Å². The fraction of sp³-hybridized carbons (Fsp3) is 0.0625. The van der Waals surface area contributed by atoms with Gasteiger partial charge in [-0.1, -0.05) is 29.8 Å². The Morgan fingerprint density at radius 3 is 2.41 bits per heavy atom. The fourth-order valence-corrected chi connectivity index (χ4v) is 3.26. The van der Waals surface area contributed by atoms with E-state index in [0.29, 0.717) is 15.6 Å². The molecule has 1 N–H and O–H groups in total. The molecule has 0 saturated carbocycles. The Balaban J connectivity index is 1.83. The third kappa shape index (κ3) is 3.21. The number of benzene rings is 2. The van der Waals surface area contributed by atoms with Crippen LogP contribution in [-0.2, 0) is 16.6 Å². The van der Waals surface area contributed by atoms with Crippen LogP contribution in [-0.4, -0.2) is 14.0 Å². The highest BCUT2D eigenvalue weighted by Gasteiger charge is 2.10. The molecule has 0 aliphatic carbocycles. The SMILES string of the molecule is O=c1cc(CS(=O)c2ccc(Cl)cc2)[nH]n1-c1ccccc1. The summed E-state index contributed by atoms with van der Waals surface area (Å²) >= 11 is 5.82. The first-order valence-corrected chi connectivity index (χ1v) is 8.33. The van der Waals surface area contributed by atoms with Crippen LogP contribution in [0.5, 0.6) is 0 Å². The fourth-order valence-electron chi connectivity index (χ4n) is 2.10. The van der Waals surface area contributed by atoms with Crippen LogP contribution in [0.4, 0.5) is 0 Å². The first-order valence-electron chi connectivity index (χ1n) is 6.64. The van der Waals surface area contributed by atoms with Gasteiger partial charge in [0.05, 0.1) is 27.9 Å². The minimum absolute atomic E-state index is 0.172. The van der Waals surface area contributed by atoms with E-state index >= 15 is 0 Å². The van der Waals surface area contributed by atoms with Crippen LogP contribution in [0.2, 0.25) is 5.02 Å². The van der Waals surface area contributed by atoms with Gasteiger partial charge >= 0.3 is 0 Å². The Hall–Kier alpha value is -2.11. The van der Waals surface area contributed by atoms with Crippen LogP contribution in [0.1, 0.15) is 5.69 Å². The molecule has 112 valence electrons. The smallest absolute Gasteiger partial charge is 0.271 e. The molecule has 2 aromatic carbocycles. The predicted octanol–water partition coefficient (Wildman–Crippen LogP) is 3.13. The number of aromatic nitrogens is 2. The number of hydrogen-bond acceptors (Lipinski definition) is 2. The van der Waals surface area contributed by atoms with Crippen LogP contribution >= 0.6 is 11.6 Å². The minimum atomic E-state index is -1.24. The highest BCUT2D eigenvalue weighted by atomic mass is 35.5. The molecule has 0 fully saturated rings. The molecule has 1 aromatic heterocycles. The van der Waals surface area contributed by atoms with E-state index in [1.165, 1.54) is 10.7 Å². The van der Waals surface area contributed by atoms with E-state index in [4.69, 9.17) is 11.6 Å². The maximum Gasteiger partial charge on any atom is 0.271 e. The number of rotatable bonds is 4. The second-order valence-electron chi connectivity index (χ2n) is 4.73. The number of halogens is 1. The van der Waals surface area contributed by atoms with Gasteiger partial charge in [-0.15, -0.1) is 0 Å². The van der Waals surface area contributed by atoms with Gasteiger partial charge in [0.1, 0.15) is 0 Å². The van der Waals surface area contributed by atoms with Crippen molar-refractivity contribution in [2.45, 2.75) is 10.6 Å². The number of nitrogens with one attached hydrogen (secondary N) is 1. The van der Waals surface area contributed by atoms with E-state index in [1.807, 2.05) is 30.3 Å². The van der Waals surface area contributed by atoms with E-state index in [0.717, 1.165) is 5.69 Å². The Labute approximate surface area is 134 Å². The normalized spacial score (nSPS) is 12.2. The molecule has 0 spiro atoms. The number of aromatic amines is 1. The minimum Gasteiger partial charge on any atom is -0.294 e. The predicted molar refractivity (Wildman–Crippen MR) is 88.0 cm³/mol. The quantitative estimate of drug-likeness (QED) is 0.798. The second-order valence-corrected chi connectivity index (χ2v) is 6.62. The van der Waals surface area contributed by atoms with Crippen molar-refractivity contribution in [3.05, 3.63) is 81.7 Å². The lowest BCUT2D eigenvalue weighted by molar-refractivity contribution is 0.681. The maximum atomic E-state index is 12.3. The lowest BCUT2D eigenvalue weighted by Gasteiger charge is -2.02. The third-order valence-corrected chi connectivity index (χ3v) is 4.77. The molecule has 1 heterocycles. The summed E-state index contributed by atoms with van der Waals surface area (Å²) in [7, 11) is -1.24. The van der Waals surface area contributed by atoms with Crippen LogP contribution in [0.25, 0.3) is 5.69 Å². The van der Waals surface area contributed by atoms with E-state index < -0.39 is 10.8 Å². The Morgan fingerprint density at radius 1 is 1.05 bits per heavy atom. The van der Waals surface area contributed by atoms with Gasteiger partial charge in [0, 0.05) is 16.0 Å². The van der Waals surface area contributed by atoms with Crippen LogP contribution in [0.3, 0.4) is 0 Å². The van der Waals surface area contributed by atoms with Gasteiger partial charge in [-0.25, -0.2) is 4.68 Å². The van der Waals surface area contributed by atoms with E-state index in [1.54, 1.807) is 24.3 Å². The first-order chi connectivity index (χ1) is 10.6. The standard InChI is InChI=1S/C16H13ClN2O2S/c17-12-6-8-15(9-7-12)22(21)11-13-10-16(20)19(18-13)14-4-2-1-3-5-14/h1-10,18H,11H2. The monoisotopic (exact) mass is 332 g/mol. The highest BCUT2D eigenvalue weighted by molar-refractivity contribution is 7.84. The maximum absolute atomic E-state index is 12.3. The Morgan fingerprint density at radius 2 is 1.73 bits per heavy atom. The zero-order chi connectivity index (χ0) is 15.5. The topological polar surface area (TPSA) is 54.9 Å². The summed E-state index contributed by atoms with van der Waals surface area (Å²) in [6, 6.07) is 17.6. The summed E-state index contributed by atoms with van der Waals surface area (Å²) in [5.41, 5.74) is 1.20. The van der Waals surface area contributed by atoms with E-state index in [2.05, 4.69) is 5.10 Å². The van der Waals surface area contributed by atoms with Crippen LogP contribution in [0.15, 0.2) is 70.4 Å². The van der Waals surface area contributed by atoms with Crippen molar-refractivity contribution in [3.63, 3.8) is 0 Å². The van der Waals surface area contributed by atoms with E-state index in [-0.39, 0.29) is 11.3 Å². The molecule has 3 rings (SSSR count). The van der Waals surface area contributed by atoms with Crippen LogP contribution in [0, 0.1) is 0 Å². The summed E-state index contributed by atoms with van der Waals surface area (Å²) in [4.78, 5) is 12.7. The Kier molecular flexibility index (Phi) is 4.27. The molecule has 0 saturated heterocycles. The summed E-state index contributed by atoms with van der Waals surface area (Å²) in [6.07, 6.45) is 0. The lowest BCUT2D eigenvalue weighted by Crippen LogP contribution is -2.13. The highest BCUT2D eigenvalue weighted by Crippen LogP contribution is 2.15. The molecule has 4 nitrogen and oxygen atoms in total. The summed E-state index contributed by atoms with van der Waals surface area (Å²) in [5.74, 6) is 0.247. The second kappa shape index (κ2) is 6.34. The van der Waals surface area contributed by atoms with Gasteiger partial charge in [0.15, 0.2) is 0 Å². The van der Waals surface area contributed by atoms with Crippen molar-refractivity contribution in [2.75, 3.05) is 0 Å². The molecule has 0 bridgehead atoms. The third-order valence-electron chi connectivity index (χ3n) is 3.15. The van der Waals surface area contributed by atoms with Gasteiger partial charge in [0.2, 0.25) is 0 Å². The van der Waals surface area contributed by atoms with Gasteiger partial charge in [0.25, 0.3) is 5.56 Å². The zero-order valence-electron chi connectivity index (χ0n) is 11.5. The first kappa shape index (κ1) is 14.8. The molecule has 22 heavy (non-hydrogen) atoms.